The number of nitrogens with one attached hydrogen (secondary N) is 1. The first-order valence-electron chi connectivity index (χ1n) is 3.32. The second-order valence-electron chi connectivity index (χ2n) is 2.96. The predicted octanol–water partition coefficient (Wildman–Crippen LogP) is -0.890. The normalized spacial score (nSPS) is 48.3. The van der Waals surface area contributed by atoms with Gasteiger partial charge in [-0.15, -0.1) is 0 Å². The van der Waals surface area contributed by atoms with Gasteiger partial charge in [-0.05, 0) is 6.42 Å². The molecule has 0 aliphatic carbocycles. The first-order valence-corrected chi connectivity index (χ1v) is 3.32. The van der Waals surface area contributed by atoms with Crippen LogP contribution in [0.25, 0.3) is 0 Å². The second-order valence-corrected chi connectivity index (χ2v) is 2.96. The van der Waals surface area contributed by atoms with Crippen molar-refractivity contribution in [2.45, 2.75) is 18.1 Å². The summed E-state index contributed by atoms with van der Waals surface area (Å²) < 4.78 is 5.32. The van der Waals surface area contributed by atoms with Crippen molar-refractivity contribution in [2.75, 3.05) is 19.8 Å². The Kier molecular flexibility index (Phi) is 1.06. The molecule has 2 heterocycles. The molecule has 3 heteroatoms. The van der Waals surface area contributed by atoms with Gasteiger partial charge in [0.25, 0.3) is 0 Å². The Balaban J connectivity index is 2.13. The van der Waals surface area contributed by atoms with Gasteiger partial charge in [-0.2, -0.15) is 0 Å². The Bertz CT molecular complexity index is 118. The average molecular weight is 129 g/mol. The van der Waals surface area contributed by atoms with E-state index in [0.29, 0.717) is 12.7 Å². The van der Waals surface area contributed by atoms with E-state index in [1.807, 2.05) is 0 Å². The number of morpholine rings is 1. The molecule has 0 aromatic heterocycles. The molecule has 2 bridgehead atoms. The third kappa shape index (κ3) is 0.689. The van der Waals surface area contributed by atoms with E-state index in [1.165, 1.54) is 0 Å². The molecule has 0 unspecified atom stereocenters. The SMILES string of the molecule is OC[C@]12CO[C@H](CN1)C2. The molecule has 0 aromatic carbocycles. The van der Waals surface area contributed by atoms with Gasteiger partial charge in [-0.1, -0.05) is 0 Å². The van der Waals surface area contributed by atoms with Crippen LogP contribution in [-0.2, 0) is 4.74 Å². The van der Waals surface area contributed by atoms with E-state index in [0.717, 1.165) is 13.0 Å². The molecule has 2 saturated heterocycles. The van der Waals surface area contributed by atoms with E-state index >= 15 is 0 Å². The van der Waals surface area contributed by atoms with Crippen molar-refractivity contribution in [2.24, 2.45) is 0 Å². The second kappa shape index (κ2) is 1.68. The lowest BCUT2D eigenvalue weighted by molar-refractivity contribution is 0.0523. The highest BCUT2D eigenvalue weighted by atomic mass is 16.5. The third-order valence-electron chi connectivity index (χ3n) is 2.22. The lowest BCUT2D eigenvalue weighted by Gasteiger charge is -2.23. The molecule has 9 heavy (non-hydrogen) atoms. The van der Waals surface area contributed by atoms with Crippen LogP contribution >= 0.6 is 0 Å². The van der Waals surface area contributed by atoms with Crippen LogP contribution in [0.2, 0.25) is 0 Å². The highest BCUT2D eigenvalue weighted by molar-refractivity contribution is 5.02. The van der Waals surface area contributed by atoms with E-state index in [-0.39, 0.29) is 12.1 Å². The molecule has 0 amide bonds. The molecule has 0 radical (unpaired) electrons. The largest absolute Gasteiger partial charge is 0.394 e. The minimum atomic E-state index is -0.0648. The van der Waals surface area contributed by atoms with Crippen molar-refractivity contribution < 1.29 is 9.84 Å². The Hall–Kier alpha value is -0.120. The number of aliphatic hydroxyl groups is 1. The van der Waals surface area contributed by atoms with Gasteiger partial charge in [0, 0.05) is 6.54 Å². The van der Waals surface area contributed by atoms with E-state index in [2.05, 4.69) is 5.32 Å². The van der Waals surface area contributed by atoms with Gasteiger partial charge >= 0.3 is 0 Å². The fourth-order valence-electron chi connectivity index (χ4n) is 1.58. The number of ether oxygens (including phenoxy) is 1. The van der Waals surface area contributed by atoms with Crippen molar-refractivity contribution >= 4 is 0 Å². The van der Waals surface area contributed by atoms with Crippen molar-refractivity contribution in [1.82, 2.24) is 5.32 Å². The summed E-state index contributed by atoms with van der Waals surface area (Å²) in [7, 11) is 0. The number of hydrogen-bond acceptors (Lipinski definition) is 3. The molecular formula is C6H11NO2. The fraction of sp³-hybridized carbons (Fsp3) is 1.00. The van der Waals surface area contributed by atoms with Gasteiger partial charge in [0.15, 0.2) is 0 Å². The molecule has 2 aliphatic heterocycles. The molecule has 0 spiro atoms. The maximum atomic E-state index is 8.90. The fourth-order valence-corrected chi connectivity index (χ4v) is 1.58. The highest BCUT2D eigenvalue weighted by Gasteiger charge is 2.45. The van der Waals surface area contributed by atoms with Crippen LogP contribution in [0, 0.1) is 0 Å². The standard InChI is InChI=1S/C6H11NO2/c8-3-6-1-5(2-7-6)9-4-6/h5,7-8H,1-4H2/t5-,6+/m0/s1. The molecule has 0 aromatic rings. The van der Waals surface area contributed by atoms with Crippen LogP contribution in [0.1, 0.15) is 6.42 Å². The van der Waals surface area contributed by atoms with Crippen LogP contribution in [0.4, 0.5) is 0 Å². The predicted molar refractivity (Wildman–Crippen MR) is 32.2 cm³/mol. The molecular weight excluding hydrogens is 118 g/mol. The Morgan fingerprint density at radius 1 is 1.78 bits per heavy atom. The molecule has 2 fully saturated rings. The minimum Gasteiger partial charge on any atom is -0.394 e. The van der Waals surface area contributed by atoms with Gasteiger partial charge in [-0.3, -0.25) is 0 Å². The summed E-state index contributed by atoms with van der Waals surface area (Å²) in [6.07, 6.45) is 1.36. The van der Waals surface area contributed by atoms with Crippen LogP contribution in [0.3, 0.4) is 0 Å². The van der Waals surface area contributed by atoms with Crippen LogP contribution in [0.15, 0.2) is 0 Å². The van der Waals surface area contributed by atoms with Gasteiger partial charge in [0.05, 0.1) is 24.9 Å². The Labute approximate surface area is 54.0 Å². The lowest BCUT2D eigenvalue weighted by Crippen LogP contribution is -2.47. The van der Waals surface area contributed by atoms with E-state index in [4.69, 9.17) is 9.84 Å². The lowest BCUT2D eigenvalue weighted by atomic mass is 10.0. The topological polar surface area (TPSA) is 41.5 Å². The summed E-state index contributed by atoms with van der Waals surface area (Å²) in [6, 6.07) is 0. The van der Waals surface area contributed by atoms with Gasteiger partial charge in [0.2, 0.25) is 0 Å². The highest BCUT2D eigenvalue weighted by Crippen LogP contribution is 2.28. The number of fused-ring (bicyclic) bond motifs is 2. The summed E-state index contributed by atoms with van der Waals surface area (Å²) in [4.78, 5) is 0. The molecule has 2 rings (SSSR count). The molecule has 3 nitrogen and oxygen atoms in total. The average Bonchev–Trinajstić information content (AvgIpc) is 2.46. The van der Waals surface area contributed by atoms with Crippen molar-refractivity contribution in [3.63, 3.8) is 0 Å². The Morgan fingerprint density at radius 3 is 2.89 bits per heavy atom. The number of rotatable bonds is 1. The van der Waals surface area contributed by atoms with E-state index in [1.54, 1.807) is 0 Å². The number of aliphatic hydroxyl groups excluding tert-OH is 1. The maximum Gasteiger partial charge on any atom is 0.0719 e. The van der Waals surface area contributed by atoms with Crippen LogP contribution < -0.4 is 5.32 Å². The smallest absolute Gasteiger partial charge is 0.0719 e. The zero-order valence-electron chi connectivity index (χ0n) is 5.26. The monoisotopic (exact) mass is 129 g/mol. The first-order chi connectivity index (χ1) is 4.35. The summed E-state index contributed by atoms with van der Waals surface area (Å²) in [5.41, 5.74) is -0.0648. The third-order valence-corrected chi connectivity index (χ3v) is 2.22. The zero-order valence-corrected chi connectivity index (χ0v) is 5.26. The van der Waals surface area contributed by atoms with Gasteiger partial charge < -0.3 is 15.2 Å². The van der Waals surface area contributed by atoms with Gasteiger partial charge in [0.1, 0.15) is 0 Å². The van der Waals surface area contributed by atoms with Crippen LogP contribution in [-0.4, -0.2) is 36.5 Å². The van der Waals surface area contributed by atoms with Crippen LogP contribution in [0.5, 0.6) is 0 Å². The Morgan fingerprint density at radius 2 is 2.67 bits per heavy atom. The van der Waals surface area contributed by atoms with Crippen molar-refractivity contribution in [3.05, 3.63) is 0 Å². The number of hydrogen-bond donors (Lipinski definition) is 2. The summed E-state index contributed by atoms with van der Waals surface area (Å²) >= 11 is 0. The molecule has 52 valence electrons. The first kappa shape index (κ1) is 5.65. The van der Waals surface area contributed by atoms with E-state index < -0.39 is 0 Å². The van der Waals surface area contributed by atoms with Crippen molar-refractivity contribution in [3.8, 4) is 0 Å². The van der Waals surface area contributed by atoms with E-state index in [9.17, 15) is 0 Å². The molecule has 2 atom stereocenters. The minimum absolute atomic E-state index is 0.0648. The quantitative estimate of drug-likeness (QED) is 0.482. The van der Waals surface area contributed by atoms with Gasteiger partial charge in [-0.25, -0.2) is 0 Å². The summed E-state index contributed by atoms with van der Waals surface area (Å²) in [6.45, 7) is 1.82. The molecule has 0 saturated carbocycles. The van der Waals surface area contributed by atoms with Crippen molar-refractivity contribution in [1.29, 1.82) is 0 Å². The summed E-state index contributed by atoms with van der Waals surface area (Å²) in [5.74, 6) is 0. The molecule has 2 aliphatic rings. The maximum absolute atomic E-state index is 8.90. The molecule has 2 N–H and O–H groups in total. The summed E-state index contributed by atoms with van der Waals surface area (Å²) in [5, 5.41) is 12.1. The zero-order chi connectivity index (χ0) is 6.32.